The fraction of sp³-hybridized carbons (Fsp3) is 0. The van der Waals surface area contributed by atoms with E-state index in [1.54, 1.807) is 54.6 Å². The minimum absolute atomic E-state index is 0.379. The van der Waals surface area contributed by atoms with Gasteiger partial charge in [0.2, 0.25) is 0 Å². The quantitative estimate of drug-likeness (QED) is 0.540. The third-order valence-electron chi connectivity index (χ3n) is 3.34. The van der Waals surface area contributed by atoms with Gasteiger partial charge in [0.05, 0.1) is 5.69 Å². The maximum atomic E-state index is 12.0. The first-order chi connectivity index (χ1) is 12.6. The van der Waals surface area contributed by atoms with Crippen LogP contribution >= 0.6 is 11.6 Å². The van der Waals surface area contributed by atoms with Gasteiger partial charge < -0.3 is 0 Å². The number of hydrazine groups is 1. The molecule has 2 amide bonds. The van der Waals surface area contributed by atoms with Crippen molar-refractivity contribution in [2.75, 3.05) is 0 Å². The van der Waals surface area contributed by atoms with E-state index in [4.69, 9.17) is 11.6 Å². The van der Waals surface area contributed by atoms with Crippen LogP contribution in [0.2, 0.25) is 5.02 Å². The van der Waals surface area contributed by atoms with Gasteiger partial charge in [0.25, 0.3) is 11.8 Å². The van der Waals surface area contributed by atoms with Gasteiger partial charge in [-0.05, 0) is 58.5 Å². The van der Waals surface area contributed by atoms with Gasteiger partial charge in [-0.2, -0.15) is 0 Å². The summed E-state index contributed by atoms with van der Waals surface area (Å²) in [5, 5.41) is 11.5. The highest BCUT2D eigenvalue weighted by Crippen LogP contribution is 2.10. The predicted octanol–water partition coefficient (Wildman–Crippen LogP) is 1.79. The molecule has 1 heterocycles. The Bertz CT molecular complexity index is 921. The molecule has 0 spiro atoms. The fourth-order valence-electron chi connectivity index (χ4n) is 2.02. The summed E-state index contributed by atoms with van der Waals surface area (Å²) in [5.74, 6) is -0.903. The highest BCUT2D eigenvalue weighted by Gasteiger charge is 2.07. The number of halogens is 1. The lowest BCUT2D eigenvalue weighted by Crippen LogP contribution is -2.40. The second-order valence-corrected chi connectivity index (χ2v) is 5.57. The van der Waals surface area contributed by atoms with Gasteiger partial charge in [0.1, 0.15) is 6.33 Å². The number of hydrogen-bond donors (Lipinski definition) is 2. The Morgan fingerprint density at radius 1 is 1.00 bits per heavy atom. The summed E-state index contributed by atoms with van der Waals surface area (Å²) < 4.78 is 1.46. The Kier molecular flexibility index (Phi) is 5.35. The van der Waals surface area contributed by atoms with Crippen molar-refractivity contribution >= 4 is 29.5 Å². The monoisotopic (exact) mass is 368 g/mol. The number of tetrazole rings is 1. The van der Waals surface area contributed by atoms with Crippen LogP contribution in [0.5, 0.6) is 0 Å². The van der Waals surface area contributed by atoms with Crippen LogP contribution in [0.1, 0.15) is 15.9 Å². The van der Waals surface area contributed by atoms with Crippen LogP contribution in [0.15, 0.2) is 60.9 Å². The number of nitrogens with zero attached hydrogens (tertiary/aromatic N) is 4. The molecule has 0 aliphatic heterocycles. The van der Waals surface area contributed by atoms with Gasteiger partial charge in [-0.15, -0.1) is 5.10 Å². The Morgan fingerprint density at radius 3 is 2.38 bits per heavy atom. The Morgan fingerprint density at radius 2 is 1.73 bits per heavy atom. The molecule has 3 rings (SSSR count). The van der Waals surface area contributed by atoms with Crippen LogP contribution in [0.25, 0.3) is 11.8 Å². The molecule has 0 saturated heterocycles. The zero-order valence-electron chi connectivity index (χ0n) is 13.3. The van der Waals surface area contributed by atoms with Crippen molar-refractivity contribution in [1.29, 1.82) is 0 Å². The zero-order valence-corrected chi connectivity index (χ0v) is 14.1. The molecule has 0 unspecified atom stereocenters. The van der Waals surface area contributed by atoms with Crippen LogP contribution in [0.3, 0.4) is 0 Å². The molecule has 1 aromatic heterocycles. The van der Waals surface area contributed by atoms with Crippen LogP contribution in [0, 0.1) is 0 Å². The summed E-state index contributed by atoms with van der Waals surface area (Å²) in [6.45, 7) is 0. The maximum absolute atomic E-state index is 12.0. The number of carbonyl (C=O) groups excluding carboxylic acids is 2. The summed E-state index contributed by atoms with van der Waals surface area (Å²) in [6.07, 6.45) is 4.37. The Hall–Kier alpha value is -3.52. The molecule has 3 aromatic rings. The summed E-state index contributed by atoms with van der Waals surface area (Å²) in [7, 11) is 0. The molecule has 2 aromatic carbocycles. The number of aromatic nitrogens is 4. The average Bonchev–Trinajstić information content (AvgIpc) is 3.20. The Balaban J connectivity index is 1.53. The van der Waals surface area contributed by atoms with Crippen LogP contribution in [-0.2, 0) is 4.79 Å². The van der Waals surface area contributed by atoms with Gasteiger partial charge >= 0.3 is 0 Å². The lowest BCUT2D eigenvalue weighted by Gasteiger charge is -2.06. The van der Waals surface area contributed by atoms with Crippen molar-refractivity contribution in [2.24, 2.45) is 0 Å². The van der Waals surface area contributed by atoms with Gasteiger partial charge in [-0.25, -0.2) is 4.68 Å². The standard InChI is InChI=1S/C17H13ClN6O2/c18-14-6-1-12(2-7-14)3-10-16(25)20-21-17(26)13-4-8-15(9-5-13)24-11-19-22-23-24/h1-11H,(H,20,25)(H,21,26)/b10-3+. The second-order valence-electron chi connectivity index (χ2n) is 5.13. The Labute approximate surface area is 153 Å². The van der Waals surface area contributed by atoms with Gasteiger partial charge in [-0.1, -0.05) is 23.7 Å². The molecule has 0 fully saturated rings. The summed E-state index contributed by atoms with van der Waals surface area (Å²) in [5.41, 5.74) is 6.56. The van der Waals surface area contributed by atoms with E-state index in [-0.39, 0.29) is 0 Å². The third kappa shape index (κ3) is 4.52. The van der Waals surface area contributed by atoms with Gasteiger partial charge in [0.15, 0.2) is 0 Å². The van der Waals surface area contributed by atoms with Crippen molar-refractivity contribution in [3.63, 3.8) is 0 Å². The first kappa shape index (κ1) is 17.3. The molecular formula is C17H13ClN6O2. The molecule has 2 N–H and O–H groups in total. The largest absolute Gasteiger partial charge is 0.269 e. The molecule has 0 bridgehead atoms. The van der Waals surface area contributed by atoms with E-state index in [0.29, 0.717) is 16.3 Å². The number of benzene rings is 2. The first-order valence-electron chi connectivity index (χ1n) is 7.49. The van der Waals surface area contributed by atoms with E-state index in [0.717, 1.165) is 5.56 Å². The first-order valence-corrected chi connectivity index (χ1v) is 7.87. The fourth-order valence-corrected chi connectivity index (χ4v) is 2.15. The van der Waals surface area contributed by atoms with Crippen molar-refractivity contribution < 1.29 is 9.59 Å². The van der Waals surface area contributed by atoms with E-state index in [1.165, 1.54) is 17.1 Å². The molecule has 8 nitrogen and oxygen atoms in total. The third-order valence-corrected chi connectivity index (χ3v) is 3.59. The minimum Gasteiger partial charge on any atom is -0.268 e. The molecule has 0 atom stereocenters. The average molecular weight is 369 g/mol. The maximum Gasteiger partial charge on any atom is 0.269 e. The van der Waals surface area contributed by atoms with E-state index >= 15 is 0 Å². The predicted molar refractivity (Wildman–Crippen MR) is 95.2 cm³/mol. The molecule has 0 radical (unpaired) electrons. The normalized spacial score (nSPS) is 10.7. The smallest absolute Gasteiger partial charge is 0.268 e. The molecular weight excluding hydrogens is 356 g/mol. The van der Waals surface area contributed by atoms with E-state index < -0.39 is 11.8 Å². The van der Waals surface area contributed by atoms with Crippen molar-refractivity contribution in [3.05, 3.63) is 77.1 Å². The molecule has 0 aliphatic rings. The molecule has 0 saturated carbocycles. The summed E-state index contributed by atoms with van der Waals surface area (Å²) >= 11 is 5.79. The number of hydrogen-bond acceptors (Lipinski definition) is 5. The van der Waals surface area contributed by atoms with Crippen LogP contribution in [-0.4, -0.2) is 32.0 Å². The minimum atomic E-state index is -0.460. The lowest BCUT2D eigenvalue weighted by molar-refractivity contribution is -0.117. The highest BCUT2D eigenvalue weighted by molar-refractivity contribution is 6.30. The van der Waals surface area contributed by atoms with Crippen molar-refractivity contribution in [2.45, 2.75) is 0 Å². The molecule has 26 heavy (non-hydrogen) atoms. The zero-order chi connectivity index (χ0) is 18.4. The molecule has 0 aliphatic carbocycles. The van der Waals surface area contributed by atoms with Gasteiger partial charge in [0, 0.05) is 16.7 Å². The van der Waals surface area contributed by atoms with Gasteiger partial charge in [-0.3, -0.25) is 20.4 Å². The van der Waals surface area contributed by atoms with E-state index in [2.05, 4.69) is 26.4 Å². The number of carbonyl (C=O) groups is 2. The van der Waals surface area contributed by atoms with Crippen molar-refractivity contribution in [3.8, 4) is 5.69 Å². The summed E-state index contributed by atoms with van der Waals surface area (Å²) in [6, 6.07) is 13.6. The number of amides is 2. The van der Waals surface area contributed by atoms with E-state index in [1.807, 2.05) is 0 Å². The number of rotatable bonds is 4. The lowest BCUT2D eigenvalue weighted by atomic mass is 10.2. The topological polar surface area (TPSA) is 102 Å². The van der Waals surface area contributed by atoms with E-state index in [9.17, 15) is 9.59 Å². The summed E-state index contributed by atoms with van der Waals surface area (Å²) in [4.78, 5) is 23.8. The highest BCUT2D eigenvalue weighted by atomic mass is 35.5. The molecule has 9 heteroatoms. The van der Waals surface area contributed by atoms with Crippen LogP contribution < -0.4 is 10.9 Å². The van der Waals surface area contributed by atoms with Crippen molar-refractivity contribution in [1.82, 2.24) is 31.1 Å². The molecule has 130 valence electrons. The number of nitrogens with one attached hydrogen (secondary N) is 2. The SMILES string of the molecule is O=C(/C=C/c1ccc(Cl)cc1)NNC(=O)c1ccc(-n2cnnn2)cc1. The second kappa shape index (κ2) is 8.04. The van der Waals surface area contributed by atoms with Crippen LogP contribution in [0.4, 0.5) is 0 Å².